The van der Waals surface area contributed by atoms with Crippen LogP contribution in [0.2, 0.25) is 0 Å². The van der Waals surface area contributed by atoms with Crippen LogP contribution in [-0.2, 0) is 11.0 Å². The van der Waals surface area contributed by atoms with Gasteiger partial charge in [0.25, 0.3) is 5.91 Å². The van der Waals surface area contributed by atoms with E-state index in [0.717, 1.165) is 17.8 Å². The van der Waals surface area contributed by atoms with Crippen molar-refractivity contribution in [3.8, 4) is 11.5 Å². The zero-order valence-corrected chi connectivity index (χ0v) is 16.9. The molecule has 0 aromatic heterocycles. The van der Waals surface area contributed by atoms with Gasteiger partial charge in [0.2, 0.25) is 5.75 Å². The van der Waals surface area contributed by atoms with Crippen molar-refractivity contribution in [2.75, 3.05) is 6.54 Å². The van der Waals surface area contributed by atoms with Crippen LogP contribution in [0.3, 0.4) is 0 Å². The number of thioether (sulfide) groups is 1. The van der Waals surface area contributed by atoms with Crippen LogP contribution in [0.5, 0.6) is 11.5 Å². The third-order valence-corrected chi connectivity index (χ3v) is 5.48. The van der Waals surface area contributed by atoms with Crippen molar-refractivity contribution < 1.29 is 27.6 Å². The molecule has 1 aliphatic heterocycles. The van der Waals surface area contributed by atoms with Crippen LogP contribution in [0.25, 0.3) is 6.08 Å². The van der Waals surface area contributed by atoms with Crippen LogP contribution < -0.4 is 4.74 Å². The molecule has 0 unspecified atom stereocenters. The molecule has 1 aliphatic rings. The second-order valence-corrected chi connectivity index (χ2v) is 7.68. The van der Waals surface area contributed by atoms with E-state index < -0.39 is 22.4 Å². The molecule has 0 bridgehead atoms. The maximum absolute atomic E-state index is 12.9. The first-order chi connectivity index (χ1) is 14.1. The molecule has 2 aromatic carbocycles. The summed E-state index contributed by atoms with van der Waals surface area (Å²) in [7, 11) is 0. The summed E-state index contributed by atoms with van der Waals surface area (Å²) in [5, 5.41) is 11.3. The fourth-order valence-electron chi connectivity index (χ4n) is 2.65. The van der Waals surface area contributed by atoms with Crippen molar-refractivity contribution >= 4 is 46.0 Å². The topological polar surface area (TPSA) is 72.7 Å². The molecule has 0 radical (unpaired) electrons. The summed E-state index contributed by atoms with van der Waals surface area (Å²) in [6.07, 6.45) is -3.20. The molecule has 1 saturated heterocycles. The van der Waals surface area contributed by atoms with Gasteiger partial charge in [-0.3, -0.25) is 19.8 Å². The number of alkyl halides is 3. The summed E-state index contributed by atoms with van der Waals surface area (Å²) in [6, 6.07) is 8.40. The molecule has 0 atom stereocenters. The summed E-state index contributed by atoms with van der Waals surface area (Å²) < 4.78 is 44.7. The van der Waals surface area contributed by atoms with E-state index in [9.17, 15) is 28.1 Å². The van der Waals surface area contributed by atoms with Crippen molar-refractivity contribution in [3.63, 3.8) is 0 Å². The second kappa shape index (κ2) is 8.44. The third-order valence-electron chi connectivity index (χ3n) is 4.10. The minimum atomic E-state index is -4.73. The lowest BCUT2D eigenvalue weighted by Crippen LogP contribution is -2.27. The maximum atomic E-state index is 12.9. The first-order valence-corrected chi connectivity index (χ1v) is 9.72. The number of nitro benzene ring substituents is 1. The first-order valence-electron chi connectivity index (χ1n) is 8.49. The van der Waals surface area contributed by atoms with Crippen molar-refractivity contribution in [1.29, 1.82) is 0 Å². The molecule has 1 fully saturated rings. The predicted molar refractivity (Wildman–Crippen MR) is 110 cm³/mol. The molecule has 2 aromatic rings. The van der Waals surface area contributed by atoms with E-state index in [1.54, 1.807) is 25.1 Å². The Labute approximate surface area is 178 Å². The lowest BCUT2D eigenvalue weighted by atomic mass is 10.1. The van der Waals surface area contributed by atoms with Gasteiger partial charge in [0.15, 0.2) is 0 Å². The molecular weight excluding hydrogens is 441 g/mol. The number of ether oxygens (including phenoxy) is 1. The molecule has 0 spiro atoms. The van der Waals surface area contributed by atoms with Gasteiger partial charge in [-0.25, -0.2) is 0 Å². The number of nitrogens with zero attached hydrogens (tertiary/aromatic N) is 2. The molecule has 30 heavy (non-hydrogen) atoms. The molecule has 156 valence electrons. The minimum Gasteiger partial charge on any atom is -0.449 e. The highest BCUT2D eigenvalue weighted by molar-refractivity contribution is 8.26. The Morgan fingerprint density at radius 2 is 1.93 bits per heavy atom. The Morgan fingerprint density at radius 3 is 2.53 bits per heavy atom. The normalized spacial score (nSPS) is 15.7. The van der Waals surface area contributed by atoms with E-state index in [2.05, 4.69) is 0 Å². The lowest BCUT2D eigenvalue weighted by Gasteiger charge is -2.12. The molecule has 0 N–H and O–H groups in total. The van der Waals surface area contributed by atoms with Gasteiger partial charge >= 0.3 is 11.9 Å². The van der Waals surface area contributed by atoms with E-state index in [-0.39, 0.29) is 17.4 Å². The van der Waals surface area contributed by atoms with E-state index in [0.29, 0.717) is 33.5 Å². The van der Waals surface area contributed by atoms with E-state index in [4.69, 9.17) is 17.0 Å². The van der Waals surface area contributed by atoms with Gasteiger partial charge in [-0.05, 0) is 31.2 Å². The van der Waals surface area contributed by atoms with Gasteiger partial charge < -0.3 is 4.74 Å². The SMILES string of the molecule is CCN1C(=O)/C(=C/c2ccccc2Oc2ccc(C(F)(F)F)cc2[N+](=O)[O-])SC1=S. The zero-order chi connectivity index (χ0) is 22.1. The van der Waals surface area contributed by atoms with E-state index in [1.165, 1.54) is 17.0 Å². The van der Waals surface area contributed by atoms with Crippen molar-refractivity contribution in [1.82, 2.24) is 4.90 Å². The van der Waals surface area contributed by atoms with Gasteiger partial charge in [0.1, 0.15) is 10.1 Å². The molecule has 0 saturated carbocycles. The number of rotatable bonds is 5. The van der Waals surface area contributed by atoms with E-state index >= 15 is 0 Å². The number of carbonyl (C=O) groups excluding carboxylic acids is 1. The highest BCUT2D eigenvalue weighted by atomic mass is 32.2. The van der Waals surface area contributed by atoms with Crippen LogP contribution in [0.4, 0.5) is 18.9 Å². The summed E-state index contributed by atoms with van der Waals surface area (Å²) in [4.78, 5) is 24.5. The van der Waals surface area contributed by atoms with Crippen molar-refractivity contribution in [2.45, 2.75) is 13.1 Å². The first kappa shape index (κ1) is 21.8. The summed E-state index contributed by atoms with van der Waals surface area (Å²) in [6.45, 7) is 2.20. The summed E-state index contributed by atoms with van der Waals surface area (Å²) in [5.74, 6) is -0.486. The van der Waals surface area contributed by atoms with Crippen LogP contribution >= 0.6 is 24.0 Å². The number of likely N-dealkylation sites (N-methyl/N-ethyl adjacent to an activating group) is 1. The number of hydrogen-bond donors (Lipinski definition) is 0. The summed E-state index contributed by atoms with van der Waals surface area (Å²) >= 11 is 6.27. The van der Waals surface area contributed by atoms with Gasteiger partial charge in [0, 0.05) is 18.2 Å². The van der Waals surface area contributed by atoms with Gasteiger partial charge in [0.05, 0.1) is 15.4 Å². The number of thiocarbonyl (C=S) groups is 1. The molecule has 3 rings (SSSR count). The van der Waals surface area contributed by atoms with Gasteiger partial charge in [-0.2, -0.15) is 13.2 Å². The summed E-state index contributed by atoms with van der Waals surface area (Å²) in [5.41, 5.74) is -1.56. The third kappa shape index (κ3) is 4.46. The van der Waals surface area contributed by atoms with Gasteiger partial charge in [-0.15, -0.1) is 0 Å². The fourth-order valence-corrected chi connectivity index (χ4v) is 4.02. The number of amides is 1. The lowest BCUT2D eigenvalue weighted by molar-refractivity contribution is -0.385. The monoisotopic (exact) mass is 454 g/mol. The zero-order valence-electron chi connectivity index (χ0n) is 15.3. The minimum absolute atomic E-state index is 0.141. The molecule has 6 nitrogen and oxygen atoms in total. The van der Waals surface area contributed by atoms with E-state index in [1.807, 2.05) is 0 Å². The fraction of sp³-hybridized carbons (Fsp3) is 0.158. The molecular formula is C19H13F3N2O4S2. The smallest absolute Gasteiger partial charge is 0.416 e. The Kier molecular flexibility index (Phi) is 6.13. The number of hydrogen-bond acceptors (Lipinski definition) is 6. The number of carbonyl (C=O) groups is 1. The molecule has 1 amide bonds. The predicted octanol–water partition coefficient (Wildman–Crippen LogP) is 5.63. The molecule has 1 heterocycles. The standard InChI is InChI=1S/C19H13F3N2O4S2/c1-2-23-17(25)16(30-18(23)29)9-11-5-3-4-6-14(11)28-15-8-7-12(19(20,21)22)10-13(15)24(26)27/h3-10H,2H2,1H3/b16-9-. The van der Waals surface area contributed by atoms with Crippen molar-refractivity contribution in [3.05, 3.63) is 68.6 Å². The number of halogens is 3. The molecule has 11 heteroatoms. The van der Waals surface area contributed by atoms with Crippen LogP contribution in [-0.4, -0.2) is 26.6 Å². The van der Waals surface area contributed by atoms with Crippen molar-refractivity contribution in [2.24, 2.45) is 0 Å². The average Bonchev–Trinajstić information content (AvgIpc) is 2.95. The highest BCUT2D eigenvalue weighted by Crippen LogP contribution is 2.39. The second-order valence-electron chi connectivity index (χ2n) is 6.00. The maximum Gasteiger partial charge on any atom is 0.416 e. The average molecular weight is 454 g/mol. The number of nitro groups is 1. The Morgan fingerprint density at radius 1 is 1.23 bits per heavy atom. The van der Waals surface area contributed by atoms with Crippen LogP contribution in [0, 0.1) is 10.1 Å². The Balaban J connectivity index is 1.98. The van der Waals surface area contributed by atoms with Crippen LogP contribution in [0.15, 0.2) is 47.4 Å². The highest BCUT2D eigenvalue weighted by Gasteiger charge is 2.34. The largest absolute Gasteiger partial charge is 0.449 e. The Hall–Kier alpha value is -2.92. The van der Waals surface area contributed by atoms with Crippen LogP contribution in [0.1, 0.15) is 18.1 Å². The van der Waals surface area contributed by atoms with Gasteiger partial charge in [-0.1, -0.05) is 42.2 Å². The number of para-hydroxylation sites is 1. The quantitative estimate of drug-likeness (QED) is 0.252. The molecule has 0 aliphatic carbocycles. The Bertz CT molecular complexity index is 1070. The number of benzene rings is 2.